The number of amides is 1. The summed E-state index contributed by atoms with van der Waals surface area (Å²) in [5, 5.41) is 5.91. The number of halogens is 2. The van der Waals surface area contributed by atoms with Crippen molar-refractivity contribution in [2.24, 2.45) is 0 Å². The zero-order valence-corrected chi connectivity index (χ0v) is 13.2. The summed E-state index contributed by atoms with van der Waals surface area (Å²) in [7, 11) is 0. The quantitative estimate of drug-likeness (QED) is 0.859. The van der Waals surface area contributed by atoms with Crippen LogP contribution in [0, 0.1) is 5.82 Å². The zero-order chi connectivity index (χ0) is 15.2. The first kappa shape index (κ1) is 15.7. The molecule has 0 spiro atoms. The van der Waals surface area contributed by atoms with Crippen LogP contribution in [0.25, 0.3) is 0 Å². The number of rotatable bonds is 5. The largest absolute Gasteiger partial charge is 0.325 e. The molecule has 2 aromatic carbocycles. The van der Waals surface area contributed by atoms with Crippen molar-refractivity contribution in [2.75, 3.05) is 11.9 Å². The van der Waals surface area contributed by atoms with Crippen molar-refractivity contribution in [1.82, 2.24) is 5.32 Å². The molecule has 0 heterocycles. The third kappa shape index (κ3) is 4.95. The van der Waals surface area contributed by atoms with Crippen LogP contribution in [0.4, 0.5) is 10.1 Å². The third-order valence-corrected chi connectivity index (χ3v) is 3.54. The molecule has 2 aromatic rings. The number of nitrogens with one attached hydrogen (secondary N) is 2. The first-order valence-corrected chi connectivity index (χ1v) is 7.38. The van der Waals surface area contributed by atoms with Crippen LogP contribution < -0.4 is 10.6 Å². The van der Waals surface area contributed by atoms with Gasteiger partial charge in [-0.2, -0.15) is 0 Å². The molecule has 0 fully saturated rings. The lowest BCUT2D eigenvalue weighted by atomic mass is 10.1. The van der Waals surface area contributed by atoms with Crippen LogP contribution in [0.3, 0.4) is 0 Å². The molecule has 21 heavy (non-hydrogen) atoms. The van der Waals surface area contributed by atoms with Crippen molar-refractivity contribution in [2.45, 2.75) is 13.0 Å². The smallest absolute Gasteiger partial charge is 0.238 e. The fraction of sp³-hybridized carbons (Fsp3) is 0.188. The highest BCUT2D eigenvalue weighted by Crippen LogP contribution is 2.16. The maximum absolute atomic E-state index is 12.9. The molecule has 3 nitrogen and oxygen atoms in total. The van der Waals surface area contributed by atoms with Gasteiger partial charge in [-0.25, -0.2) is 4.39 Å². The Morgan fingerprint density at radius 1 is 1.24 bits per heavy atom. The molecule has 0 aliphatic heterocycles. The normalized spacial score (nSPS) is 12.0. The van der Waals surface area contributed by atoms with Crippen LogP contribution in [0.5, 0.6) is 0 Å². The first-order chi connectivity index (χ1) is 10.0. The molecule has 5 heteroatoms. The Morgan fingerprint density at radius 2 is 1.95 bits per heavy atom. The minimum Gasteiger partial charge on any atom is -0.325 e. The molecule has 0 bridgehead atoms. The molecule has 1 atom stereocenters. The Balaban J connectivity index is 1.84. The molecule has 0 aliphatic rings. The molecule has 1 unspecified atom stereocenters. The molecule has 1 amide bonds. The summed E-state index contributed by atoms with van der Waals surface area (Å²) in [6, 6.07) is 13.6. The van der Waals surface area contributed by atoms with Gasteiger partial charge in [-0.15, -0.1) is 0 Å². The molecule has 2 N–H and O–H groups in total. The number of hydrogen-bond donors (Lipinski definition) is 2. The molecule has 0 saturated heterocycles. The van der Waals surface area contributed by atoms with Crippen LogP contribution in [-0.4, -0.2) is 12.5 Å². The van der Waals surface area contributed by atoms with Gasteiger partial charge < -0.3 is 10.6 Å². The van der Waals surface area contributed by atoms with E-state index in [1.165, 1.54) is 12.1 Å². The van der Waals surface area contributed by atoms with Crippen molar-refractivity contribution in [1.29, 1.82) is 0 Å². The number of carbonyl (C=O) groups excluding carboxylic acids is 1. The van der Waals surface area contributed by atoms with Crippen LogP contribution in [0.1, 0.15) is 18.5 Å². The van der Waals surface area contributed by atoms with Gasteiger partial charge in [0, 0.05) is 16.2 Å². The van der Waals surface area contributed by atoms with E-state index in [0.717, 1.165) is 15.7 Å². The number of hydrogen-bond acceptors (Lipinski definition) is 2. The Kier molecular flexibility index (Phi) is 5.47. The van der Waals surface area contributed by atoms with Crippen molar-refractivity contribution < 1.29 is 9.18 Å². The summed E-state index contributed by atoms with van der Waals surface area (Å²) in [6.45, 7) is 2.12. The highest BCUT2D eigenvalue weighted by Gasteiger charge is 2.08. The van der Waals surface area contributed by atoms with Gasteiger partial charge in [-0.05, 0) is 42.8 Å². The second-order valence-electron chi connectivity index (χ2n) is 4.71. The fourth-order valence-corrected chi connectivity index (χ4v) is 2.29. The van der Waals surface area contributed by atoms with Gasteiger partial charge in [-0.3, -0.25) is 4.79 Å². The maximum Gasteiger partial charge on any atom is 0.238 e. The Labute approximate surface area is 131 Å². The SMILES string of the molecule is CC(NCC(=O)Nc1cccc(Br)c1)c1ccc(F)cc1. The van der Waals surface area contributed by atoms with E-state index in [-0.39, 0.29) is 24.3 Å². The second-order valence-corrected chi connectivity index (χ2v) is 5.63. The van der Waals surface area contributed by atoms with Gasteiger partial charge in [0.15, 0.2) is 0 Å². The van der Waals surface area contributed by atoms with Crippen molar-refractivity contribution in [3.05, 3.63) is 64.4 Å². The van der Waals surface area contributed by atoms with E-state index in [0.29, 0.717) is 0 Å². The van der Waals surface area contributed by atoms with E-state index in [4.69, 9.17) is 0 Å². The molecule has 0 saturated carbocycles. The standard InChI is InChI=1S/C16H16BrFN2O/c1-11(12-5-7-14(18)8-6-12)19-10-16(21)20-15-4-2-3-13(17)9-15/h2-9,11,19H,10H2,1H3,(H,20,21). The molecule has 2 rings (SSSR count). The zero-order valence-electron chi connectivity index (χ0n) is 11.6. The van der Waals surface area contributed by atoms with E-state index in [2.05, 4.69) is 26.6 Å². The minimum atomic E-state index is -0.265. The van der Waals surface area contributed by atoms with Gasteiger partial charge in [0.05, 0.1) is 6.54 Å². The number of benzene rings is 2. The molecule has 0 radical (unpaired) electrons. The van der Waals surface area contributed by atoms with Gasteiger partial charge in [0.2, 0.25) is 5.91 Å². The molecular formula is C16H16BrFN2O. The van der Waals surface area contributed by atoms with Gasteiger partial charge >= 0.3 is 0 Å². The predicted octanol–water partition coefficient (Wildman–Crippen LogP) is 3.88. The van der Waals surface area contributed by atoms with E-state index in [1.54, 1.807) is 12.1 Å². The second kappa shape index (κ2) is 7.33. The van der Waals surface area contributed by atoms with Gasteiger partial charge in [-0.1, -0.05) is 34.1 Å². The molecular weight excluding hydrogens is 335 g/mol. The van der Waals surface area contributed by atoms with Crippen molar-refractivity contribution >= 4 is 27.5 Å². The maximum atomic E-state index is 12.9. The van der Waals surface area contributed by atoms with E-state index >= 15 is 0 Å². The van der Waals surface area contributed by atoms with E-state index < -0.39 is 0 Å². The monoisotopic (exact) mass is 350 g/mol. The van der Waals surface area contributed by atoms with E-state index in [1.807, 2.05) is 31.2 Å². The third-order valence-electron chi connectivity index (χ3n) is 3.05. The Morgan fingerprint density at radius 3 is 2.62 bits per heavy atom. The predicted molar refractivity (Wildman–Crippen MR) is 85.6 cm³/mol. The summed E-state index contributed by atoms with van der Waals surface area (Å²) < 4.78 is 13.8. The van der Waals surface area contributed by atoms with Crippen LogP contribution in [0.15, 0.2) is 53.0 Å². The average Bonchev–Trinajstić information content (AvgIpc) is 2.45. The lowest BCUT2D eigenvalue weighted by molar-refractivity contribution is -0.115. The summed E-state index contributed by atoms with van der Waals surface area (Å²) in [5.41, 5.74) is 1.68. The first-order valence-electron chi connectivity index (χ1n) is 6.59. The summed E-state index contributed by atoms with van der Waals surface area (Å²) >= 11 is 3.35. The topological polar surface area (TPSA) is 41.1 Å². The minimum absolute atomic E-state index is 0.0288. The summed E-state index contributed by atoms with van der Waals surface area (Å²) in [4.78, 5) is 11.9. The average molecular weight is 351 g/mol. The highest BCUT2D eigenvalue weighted by molar-refractivity contribution is 9.10. The highest BCUT2D eigenvalue weighted by atomic mass is 79.9. The molecule has 110 valence electrons. The summed E-state index contributed by atoms with van der Waals surface area (Å²) in [6.07, 6.45) is 0. The Bertz CT molecular complexity index is 616. The Hall–Kier alpha value is -1.72. The van der Waals surface area contributed by atoms with Gasteiger partial charge in [0.1, 0.15) is 5.82 Å². The van der Waals surface area contributed by atoms with Crippen LogP contribution in [-0.2, 0) is 4.79 Å². The molecule has 0 aliphatic carbocycles. The fourth-order valence-electron chi connectivity index (χ4n) is 1.89. The lowest BCUT2D eigenvalue weighted by Gasteiger charge is -2.14. The van der Waals surface area contributed by atoms with Crippen molar-refractivity contribution in [3.8, 4) is 0 Å². The van der Waals surface area contributed by atoms with Crippen LogP contribution in [0.2, 0.25) is 0 Å². The summed E-state index contributed by atoms with van der Waals surface area (Å²) in [5.74, 6) is -0.389. The van der Waals surface area contributed by atoms with Crippen LogP contribution >= 0.6 is 15.9 Å². The molecule has 0 aromatic heterocycles. The lowest BCUT2D eigenvalue weighted by Crippen LogP contribution is -2.30. The van der Waals surface area contributed by atoms with E-state index in [9.17, 15) is 9.18 Å². The number of anilines is 1. The van der Waals surface area contributed by atoms with Crippen molar-refractivity contribution in [3.63, 3.8) is 0 Å². The number of carbonyl (C=O) groups is 1. The van der Waals surface area contributed by atoms with Gasteiger partial charge in [0.25, 0.3) is 0 Å².